The molecule has 5 rings (SSSR count). The predicted octanol–water partition coefficient (Wildman–Crippen LogP) is 3.49. The Morgan fingerprint density at radius 2 is 1.95 bits per heavy atom. The van der Waals surface area contributed by atoms with Crippen molar-refractivity contribution in [2.24, 2.45) is 0 Å². The van der Waals surface area contributed by atoms with E-state index in [1.54, 1.807) is 6.33 Å². The van der Waals surface area contributed by atoms with E-state index in [9.17, 15) is 0 Å². The molecule has 0 amide bonds. The van der Waals surface area contributed by atoms with E-state index in [2.05, 4.69) is 33.4 Å². The highest BCUT2D eigenvalue weighted by atomic mass is 16.3. The summed E-state index contributed by atoms with van der Waals surface area (Å²) in [6, 6.07) is 12.3. The number of aromatic nitrogens is 4. The molecule has 0 unspecified atom stereocenters. The number of aryl methyl sites for hydroxylation is 1. The highest BCUT2D eigenvalue weighted by Gasteiger charge is 2.16. The zero-order valence-corrected chi connectivity index (χ0v) is 11.2. The van der Waals surface area contributed by atoms with Crippen molar-refractivity contribution in [2.75, 3.05) is 0 Å². The van der Waals surface area contributed by atoms with Gasteiger partial charge in [0.1, 0.15) is 23.3 Å². The van der Waals surface area contributed by atoms with Crippen LogP contribution in [0.25, 0.3) is 38.5 Å². The Morgan fingerprint density at radius 3 is 2.90 bits per heavy atom. The topological polar surface area (TPSA) is 56.2 Å². The highest BCUT2D eigenvalue weighted by molar-refractivity contribution is 6.18. The fourth-order valence-corrected chi connectivity index (χ4v) is 2.91. The fraction of sp³-hybridized carbons (Fsp3) is 0.0625. The third-order valence-corrected chi connectivity index (χ3v) is 3.93. The maximum atomic E-state index is 6.00. The van der Waals surface area contributed by atoms with E-state index in [1.807, 2.05) is 29.5 Å². The third kappa shape index (κ3) is 1.27. The Balaban J connectivity index is 2.11. The molecule has 0 spiro atoms. The highest BCUT2D eigenvalue weighted by Crippen LogP contribution is 2.34. The summed E-state index contributed by atoms with van der Waals surface area (Å²) in [7, 11) is 0. The summed E-state index contributed by atoms with van der Waals surface area (Å²) in [6.07, 6.45) is 1.75. The number of hydrogen-bond donors (Lipinski definition) is 0. The Hall–Kier alpha value is -2.95. The first kappa shape index (κ1) is 10.8. The summed E-state index contributed by atoms with van der Waals surface area (Å²) in [6.45, 7) is 1.89. The van der Waals surface area contributed by atoms with Crippen LogP contribution < -0.4 is 0 Å². The molecule has 0 bridgehead atoms. The number of furan rings is 1. The van der Waals surface area contributed by atoms with Crippen LogP contribution in [0, 0.1) is 6.92 Å². The van der Waals surface area contributed by atoms with Crippen LogP contribution >= 0.6 is 0 Å². The maximum Gasteiger partial charge on any atom is 0.207 e. The van der Waals surface area contributed by atoms with Crippen LogP contribution in [0.4, 0.5) is 0 Å². The van der Waals surface area contributed by atoms with Crippen molar-refractivity contribution in [3.05, 3.63) is 48.5 Å². The van der Waals surface area contributed by atoms with E-state index < -0.39 is 0 Å². The SMILES string of the molecule is Cc1nnc2c3oc4ccc5ccccc5c4c3ncn12. The summed E-state index contributed by atoms with van der Waals surface area (Å²) in [5.74, 6) is 0.796. The van der Waals surface area contributed by atoms with Crippen molar-refractivity contribution >= 4 is 38.5 Å². The van der Waals surface area contributed by atoms with Crippen LogP contribution in [0.1, 0.15) is 5.82 Å². The van der Waals surface area contributed by atoms with Crippen molar-refractivity contribution in [2.45, 2.75) is 6.92 Å². The summed E-state index contributed by atoms with van der Waals surface area (Å²) in [5.41, 5.74) is 3.05. The number of nitrogens with zero attached hydrogens (tertiary/aromatic N) is 4. The quantitative estimate of drug-likeness (QED) is 0.434. The molecule has 0 fully saturated rings. The molecule has 0 radical (unpaired) electrons. The Bertz CT molecular complexity index is 1150. The first-order valence-electron chi connectivity index (χ1n) is 6.73. The molecule has 0 saturated heterocycles. The monoisotopic (exact) mass is 274 g/mol. The normalized spacial score (nSPS) is 12.0. The van der Waals surface area contributed by atoms with E-state index in [4.69, 9.17) is 4.42 Å². The number of rotatable bonds is 0. The van der Waals surface area contributed by atoms with Gasteiger partial charge < -0.3 is 4.42 Å². The van der Waals surface area contributed by atoms with Gasteiger partial charge in [-0.2, -0.15) is 0 Å². The van der Waals surface area contributed by atoms with Crippen LogP contribution in [0.5, 0.6) is 0 Å². The minimum atomic E-state index is 0.685. The molecule has 0 atom stereocenters. The van der Waals surface area contributed by atoms with E-state index >= 15 is 0 Å². The lowest BCUT2D eigenvalue weighted by atomic mass is 10.1. The first-order chi connectivity index (χ1) is 10.3. The van der Waals surface area contributed by atoms with E-state index in [0.717, 1.165) is 27.7 Å². The predicted molar refractivity (Wildman–Crippen MR) is 80.3 cm³/mol. The van der Waals surface area contributed by atoms with Gasteiger partial charge in [-0.1, -0.05) is 30.3 Å². The van der Waals surface area contributed by atoms with Crippen LogP contribution in [-0.2, 0) is 0 Å². The average molecular weight is 274 g/mol. The smallest absolute Gasteiger partial charge is 0.207 e. The second kappa shape index (κ2) is 3.58. The van der Waals surface area contributed by atoms with Gasteiger partial charge in [0.25, 0.3) is 0 Å². The van der Waals surface area contributed by atoms with Crippen LogP contribution in [0.2, 0.25) is 0 Å². The molecule has 0 aliphatic heterocycles. The summed E-state index contributed by atoms with van der Waals surface area (Å²) < 4.78 is 7.84. The summed E-state index contributed by atoms with van der Waals surface area (Å²) in [5, 5.41) is 11.6. The summed E-state index contributed by atoms with van der Waals surface area (Å²) in [4.78, 5) is 4.57. The molecule has 21 heavy (non-hydrogen) atoms. The van der Waals surface area contributed by atoms with Crippen molar-refractivity contribution in [1.82, 2.24) is 19.6 Å². The van der Waals surface area contributed by atoms with Gasteiger partial charge in [0.15, 0.2) is 5.58 Å². The van der Waals surface area contributed by atoms with Crippen LogP contribution in [-0.4, -0.2) is 19.6 Å². The minimum Gasteiger partial charge on any atom is -0.450 e. The summed E-state index contributed by atoms with van der Waals surface area (Å²) >= 11 is 0. The maximum absolute atomic E-state index is 6.00. The molecule has 0 N–H and O–H groups in total. The standard InChI is InChI=1S/C16H10N4O/c1-9-18-19-16-15-14(17-8-20(9)16)13-11-5-3-2-4-10(11)6-7-12(13)21-15/h2-8H,1H3. The molecule has 3 heterocycles. The van der Waals surface area contributed by atoms with Crippen molar-refractivity contribution < 1.29 is 4.42 Å². The van der Waals surface area contributed by atoms with Gasteiger partial charge in [-0.3, -0.25) is 4.40 Å². The number of hydrogen-bond acceptors (Lipinski definition) is 4. The van der Waals surface area contributed by atoms with Gasteiger partial charge in [0, 0.05) is 0 Å². The zero-order valence-electron chi connectivity index (χ0n) is 11.2. The molecule has 0 saturated carbocycles. The molecule has 5 aromatic rings. The van der Waals surface area contributed by atoms with Crippen molar-refractivity contribution in [1.29, 1.82) is 0 Å². The molecular formula is C16H10N4O. The van der Waals surface area contributed by atoms with Gasteiger partial charge in [0.2, 0.25) is 5.65 Å². The second-order valence-corrected chi connectivity index (χ2v) is 5.13. The Labute approximate surface area is 118 Å². The van der Waals surface area contributed by atoms with Crippen molar-refractivity contribution in [3.8, 4) is 0 Å². The van der Waals surface area contributed by atoms with Gasteiger partial charge in [-0.05, 0) is 23.8 Å². The lowest BCUT2D eigenvalue weighted by Crippen LogP contribution is -1.89. The lowest BCUT2D eigenvalue weighted by molar-refractivity contribution is 0.668. The fourth-order valence-electron chi connectivity index (χ4n) is 2.91. The zero-order chi connectivity index (χ0) is 14.0. The van der Waals surface area contributed by atoms with Crippen LogP contribution in [0.15, 0.2) is 47.1 Å². The Kier molecular flexibility index (Phi) is 1.84. The van der Waals surface area contributed by atoms with Gasteiger partial charge in [-0.15, -0.1) is 10.2 Å². The lowest BCUT2D eigenvalue weighted by Gasteiger charge is -1.98. The van der Waals surface area contributed by atoms with Gasteiger partial charge in [0.05, 0.1) is 5.39 Å². The molecule has 0 aliphatic carbocycles. The second-order valence-electron chi connectivity index (χ2n) is 5.13. The molecular weight excluding hydrogens is 264 g/mol. The number of benzene rings is 2. The largest absolute Gasteiger partial charge is 0.450 e. The molecule has 3 aromatic heterocycles. The Morgan fingerprint density at radius 1 is 1.05 bits per heavy atom. The van der Waals surface area contributed by atoms with E-state index in [-0.39, 0.29) is 0 Å². The average Bonchev–Trinajstić information content (AvgIpc) is 3.08. The molecule has 100 valence electrons. The van der Waals surface area contributed by atoms with E-state index in [0.29, 0.717) is 11.2 Å². The number of fused-ring (bicyclic) bond motifs is 7. The van der Waals surface area contributed by atoms with E-state index in [1.165, 1.54) is 5.39 Å². The first-order valence-corrected chi connectivity index (χ1v) is 6.73. The van der Waals surface area contributed by atoms with Gasteiger partial charge in [-0.25, -0.2) is 4.98 Å². The minimum absolute atomic E-state index is 0.685. The molecule has 5 heteroatoms. The third-order valence-electron chi connectivity index (χ3n) is 3.93. The molecule has 5 nitrogen and oxygen atoms in total. The van der Waals surface area contributed by atoms with Crippen molar-refractivity contribution in [3.63, 3.8) is 0 Å². The van der Waals surface area contributed by atoms with Crippen LogP contribution in [0.3, 0.4) is 0 Å². The van der Waals surface area contributed by atoms with Gasteiger partial charge >= 0.3 is 0 Å². The molecule has 2 aromatic carbocycles. The molecule has 0 aliphatic rings.